The number of aryl methyl sites for hydroxylation is 2. The van der Waals surface area contributed by atoms with Crippen LogP contribution in [-0.4, -0.2) is 35.8 Å². The number of hydrogen-bond acceptors (Lipinski definition) is 4. The van der Waals surface area contributed by atoms with Gasteiger partial charge in [0.25, 0.3) is 0 Å². The highest BCUT2D eigenvalue weighted by atomic mass is 16.7. The fraction of sp³-hybridized carbons (Fsp3) is 0.769. The van der Waals surface area contributed by atoms with Crippen LogP contribution in [0.15, 0.2) is 6.20 Å². The Morgan fingerprint density at radius 2 is 1.94 bits per heavy atom. The van der Waals surface area contributed by atoms with Crippen molar-refractivity contribution >= 4 is 5.69 Å². The third-order valence-corrected chi connectivity index (χ3v) is 2.64. The Labute approximate surface area is 109 Å². The minimum Gasteiger partial charge on any atom is -0.382 e. The van der Waals surface area contributed by atoms with Crippen molar-refractivity contribution in [3.63, 3.8) is 0 Å². The molecule has 0 fully saturated rings. The highest BCUT2D eigenvalue weighted by Gasteiger charge is 2.09. The summed E-state index contributed by atoms with van der Waals surface area (Å²) < 4.78 is 12.8. The number of nitrogens with zero attached hydrogens (tertiary/aromatic N) is 2. The van der Waals surface area contributed by atoms with Crippen molar-refractivity contribution in [3.05, 3.63) is 11.9 Å². The van der Waals surface area contributed by atoms with Crippen LogP contribution in [0.25, 0.3) is 0 Å². The third-order valence-electron chi connectivity index (χ3n) is 2.64. The van der Waals surface area contributed by atoms with Crippen LogP contribution >= 0.6 is 0 Å². The molecule has 1 N–H and O–H groups in total. The first kappa shape index (κ1) is 15.0. The smallest absolute Gasteiger partial charge is 0.159 e. The van der Waals surface area contributed by atoms with Gasteiger partial charge in [0.15, 0.2) is 6.29 Å². The Hall–Kier alpha value is -1.07. The molecule has 0 aliphatic carbocycles. The minimum absolute atomic E-state index is 0.116. The summed E-state index contributed by atoms with van der Waals surface area (Å²) in [6.07, 6.45) is 3.66. The lowest BCUT2D eigenvalue weighted by Crippen LogP contribution is -2.21. The SMILES string of the molecule is CCOC(CCNc1cn(C)nc1CC)OCC. The molecule has 0 unspecified atom stereocenters. The van der Waals surface area contributed by atoms with Crippen molar-refractivity contribution in [1.29, 1.82) is 0 Å². The summed E-state index contributed by atoms with van der Waals surface area (Å²) in [7, 11) is 1.94. The topological polar surface area (TPSA) is 48.3 Å². The highest BCUT2D eigenvalue weighted by molar-refractivity contribution is 5.46. The molecule has 5 heteroatoms. The predicted molar refractivity (Wildman–Crippen MR) is 72.7 cm³/mol. The van der Waals surface area contributed by atoms with E-state index in [-0.39, 0.29) is 6.29 Å². The van der Waals surface area contributed by atoms with Gasteiger partial charge in [-0.1, -0.05) is 6.92 Å². The Morgan fingerprint density at radius 1 is 1.28 bits per heavy atom. The maximum absolute atomic E-state index is 5.50. The van der Waals surface area contributed by atoms with Gasteiger partial charge in [-0.15, -0.1) is 0 Å². The number of nitrogens with one attached hydrogen (secondary N) is 1. The maximum Gasteiger partial charge on any atom is 0.159 e. The molecule has 104 valence electrons. The zero-order chi connectivity index (χ0) is 13.4. The van der Waals surface area contributed by atoms with E-state index in [2.05, 4.69) is 17.3 Å². The molecular formula is C13H25N3O2. The van der Waals surface area contributed by atoms with Crippen molar-refractivity contribution in [2.24, 2.45) is 7.05 Å². The second-order valence-electron chi connectivity index (χ2n) is 4.07. The predicted octanol–water partition coefficient (Wildman–Crippen LogP) is 2.18. The summed E-state index contributed by atoms with van der Waals surface area (Å²) in [6.45, 7) is 8.25. The van der Waals surface area contributed by atoms with Crippen LogP contribution in [0.3, 0.4) is 0 Å². The zero-order valence-electron chi connectivity index (χ0n) is 11.9. The van der Waals surface area contributed by atoms with Crippen LogP contribution in [0.5, 0.6) is 0 Å². The van der Waals surface area contributed by atoms with Crippen LogP contribution in [0.4, 0.5) is 5.69 Å². The van der Waals surface area contributed by atoms with Gasteiger partial charge in [0.2, 0.25) is 0 Å². The quantitative estimate of drug-likeness (QED) is 0.687. The molecule has 1 rings (SSSR count). The van der Waals surface area contributed by atoms with Crippen molar-refractivity contribution < 1.29 is 9.47 Å². The third kappa shape index (κ3) is 4.66. The minimum atomic E-state index is -0.116. The summed E-state index contributed by atoms with van der Waals surface area (Å²) in [6, 6.07) is 0. The van der Waals surface area contributed by atoms with E-state index in [0.717, 1.165) is 30.8 Å². The maximum atomic E-state index is 5.50. The fourth-order valence-corrected chi connectivity index (χ4v) is 1.85. The molecule has 0 atom stereocenters. The largest absolute Gasteiger partial charge is 0.382 e. The number of aromatic nitrogens is 2. The fourth-order valence-electron chi connectivity index (χ4n) is 1.85. The van der Waals surface area contributed by atoms with Gasteiger partial charge in [0.05, 0.1) is 11.4 Å². The molecule has 5 nitrogen and oxygen atoms in total. The number of hydrogen-bond donors (Lipinski definition) is 1. The van der Waals surface area contributed by atoms with Crippen LogP contribution in [0.1, 0.15) is 32.9 Å². The molecule has 1 aromatic heterocycles. The van der Waals surface area contributed by atoms with Gasteiger partial charge < -0.3 is 14.8 Å². The molecule has 0 saturated heterocycles. The lowest BCUT2D eigenvalue weighted by Gasteiger charge is -2.17. The van der Waals surface area contributed by atoms with Gasteiger partial charge in [-0.2, -0.15) is 5.10 Å². The second-order valence-corrected chi connectivity index (χ2v) is 4.07. The van der Waals surface area contributed by atoms with E-state index in [1.165, 1.54) is 0 Å². The van der Waals surface area contributed by atoms with Crippen LogP contribution in [0, 0.1) is 0 Å². The van der Waals surface area contributed by atoms with Gasteiger partial charge in [0.1, 0.15) is 0 Å². The van der Waals surface area contributed by atoms with E-state index in [1.807, 2.05) is 31.8 Å². The standard InChI is InChI=1S/C13H25N3O2/c1-5-11-12(10-16(4)15-11)14-9-8-13(17-6-2)18-7-3/h10,13-14H,5-9H2,1-4H3. The average Bonchev–Trinajstić information content (AvgIpc) is 2.70. The van der Waals surface area contributed by atoms with Crippen LogP contribution in [0.2, 0.25) is 0 Å². The van der Waals surface area contributed by atoms with E-state index < -0.39 is 0 Å². The molecule has 0 saturated carbocycles. The van der Waals surface area contributed by atoms with Crippen molar-refractivity contribution in [1.82, 2.24) is 9.78 Å². The van der Waals surface area contributed by atoms with E-state index in [1.54, 1.807) is 0 Å². The Bertz CT molecular complexity index is 333. The number of ether oxygens (including phenoxy) is 2. The second kappa shape index (κ2) is 8.11. The zero-order valence-corrected chi connectivity index (χ0v) is 11.9. The van der Waals surface area contributed by atoms with Crippen molar-refractivity contribution in [2.45, 2.75) is 39.9 Å². The summed E-state index contributed by atoms with van der Waals surface area (Å²) >= 11 is 0. The van der Waals surface area contributed by atoms with E-state index in [4.69, 9.17) is 9.47 Å². The molecule has 0 amide bonds. The summed E-state index contributed by atoms with van der Waals surface area (Å²) in [4.78, 5) is 0. The summed E-state index contributed by atoms with van der Waals surface area (Å²) in [5.41, 5.74) is 2.20. The first-order valence-electron chi connectivity index (χ1n) is 6.70. The van der Waals surface area contributed by atoms with Gasteiger partial charge in [-0.05, 0) is 20.3 Å². The molecule has 1 aromatic rings. The van der Waals surface area contributed by atoms with Gasteiger partial charge in [-0.3, -0.25) is 4.68 Å². The molecule has 18 heavy (non-hydrogen) atoms. The number of rotatable bonds is 9. The lowest BCUT2D eigenvalue weighted by molar-refractivity contribution is -0.137. The molecule has 0 aliphatic rings. The van der Waals surface area contributed by atoms with Gasteiger partial charge in [0, 0.05) is 39.4 Å². The summed E-state index contributed by atoms with van der Waals surface area (Å²) in [5.74, 6) is 0. The molecule has 0 spiro atoms. The normalized spacial score (nSPS) is 11.2. The van der Waals surface area contributed by atoms with Gasteiger partial charge in [-0.25, -0.2) is 0 Å². The first-order valence-corrected chi connectivity index (χ1v) is 6.70. The Balaban J connectivity index is 2.39. The molecule has 1 heterocycles. The highest BCUT2D eigenvalue weighted by Crippen LogP contribution is 2.14. The lowest BCUT2D eigenvalue weighted by atomic mass is 10.3. The number of anilines is 1. The monoisotopic (exact) mass is 255 g/mol. The van der Waals surface area contributed by atoms with E-state index in [9.17, 15) is 0 Å². The van der Waals surface area contributed by atoms with Crippen LogP contribution < -0.4 is 5.32 Å². The molecule has 0 aliphatic heterocycles. The van der Waals surface area contributed by atoms with Gasteiger partial charge >= 0.3 is 0 Å². The average molecular weight is 255 g/mol. The Kier molecular flexibility index (Phi) is 6.75. The first-order chi connectivity index (χ1) is 8.71. The van der Waals surface area contributed by atoms with E-state index >= 15 is 0 Å². The molecule has 0 bridgehead atoms. The van der Waals surface area contributed by atoms with E-state index in [0.29, 0.717) is 13.2 Å². The molecule has 0 aromatic carbocycles. The molecule has 0 radical (unpaired) electrons. The molecular weight excluding hydrogens is 230 g/mol. The van der Waals surface area contributed by atoms with Crippen molar-refractivity contribution in [3.8, 4) is 0 Å². The van der Waals surface area contributed by atoms with Crippen LogP contribution in [-0.2, 0) is 22.9 Å². The Morgan fingerprint density at radius 3 is 2.50 bits per heavy atom. The van der Waals surface area contributed by atoms with Crippen molar-refractivity contribution in [2.75, 3.05) is 25.1 Å². The summed E-state index contributed by atoms with van der Waals surface area (Å²) in [5, 5.41) is 7.78.